The van der Waals surface area contributed by atoms with E-state index in [4.69, 9.17) is 0 Å². The standard InChI is InChI=1S/4Zn/q4*+2. The number of rotatable bonds is 0. The molecule has 0 rings (SSSR count). The van der Waals surface area contributed by atoms with Crippen molar-refractivity contribution in [3.05, 3.63) is 0 Å². The van der Waals surface area contributed by atoms with Crippen LogP contribution in [-0.2, 0) is 77.9 Å². The third-order valence-corrected chi connectivity index (χ3v) is 0. The van der Waals surface area contributed by atoms with E-state index in [0.717, 1.165) is 0 Å². The third-order valence-electron chi connectivity index (χ3n) is 0. The predicted molar refractivity (Wildman–Crippen MR) is 0 cm³/mol. The predicted octanol–water partition coefficient (Wildman–Crippen LogP) is -0.0100. The maximum Gasteiger partial charge on any atom is 2.00 e. The summed E-state index contributed by atoms with van der Waals surface area (Å²) in [6.45, 7) is 0. The molecule has 0 valence electrons. The molecule has 0 bridgehead atoms. The molecule has 0 unspecified atom stereocenters. The Hall–Kier alpha value is 2.49. The van der Waals surface area contributed by atoms with Gasteiger partial charge in [0.15, 0.2) is 0 Å². The summed E-state index contributed by atoms with van der Waals surface area (Å²) in [5.41, 5.74) is 0. The van der Waals surface area contributed by atoms with Crippen LogP contribution in [0.2, 0.25) is 0 Å². The van der Waals surface area contributed by atoms with Gasteiger partial charge in [-0.3, -0.25) is 0 Å². The second-order valence-corrected chi connectivity index (χ2v) is 0. The summed E-state index contributed by atoms with van der Waals surface area (Å²) in [5.74, 6) is 0. The Kier molecular flexibility index (Phi) is 141. The summed E-state index contributed by atoms with van der Waals surface area (Å²) in [4.78, 5) is 0. The summed E-state index contributed by atoms with van der Waals surface area (Å²) >= 11 is 0. The third kappa shape index (κ3) is 8.82. The van der Waals surface area contributed by atoms with E-state index in [1.165, 1.54) is 0 Å². The van der Waals surface area contributed by atoms with Crippen molar-refractivity contribution in [2.45, 2.75) is 0 Å². The van der Waals surface area contributed by atoms with Gasteiger partial charge in [0.05, 0.1) is 0 Å². The molecule has 0 aliphatic heterocycles. The average molecular weight is 262 g/mol. The molecule has 0 amide bonds. The van der Waals surface area contributed by atoms with E-state index in [1.807, 2.05) is 0 Å². The minimum atomic E-state index is 0. The van der Waals surface area contributed by atoms with E-state index in [2.05, 4.69) is 0 Å². The molecule has 0 fully saturated rings. The van der Waals surface area contributed by atoms with Gasteiger partial charge in [-0.05, 0) is 0 Å². The maximum atomic E-state index is 0. The smallest absolute Gasteiger partial charge is 2.00 e. The molecule has 0 radical (unpaired) electrons. The molecule has 0 aromatic heterocycles. The summed E-state index contributed by atoms with van der Waals surface area (Å²) in [6, 6.07) is 0. The fourth-order valence-electron chi connectivity index (χ4n) is 0. The number of hydrogen-bond acceptors (Lipinski definition) is 0. The van der Waals surface area contributed by atoms with Crippen molar-refractivity contribution >= 4 is 0 Å². The summed E-state index contributed by atoms with van der Waals surface area (Å²) in [5, 5.41) is 0. The van der Waals surface area contributed by atoms with Gasteiger partial charge in [0.2, 0.25) is 0 Å². The van der Waals surface area contributed by atoms with E-state index in [9.17, 15) is 0 Å². The quantitative estimate of drug-likeness (QED) is 0.538. The van der Waals surface area contributed by atoms with Crippen molar-refractivity contribution in [3.8, 4) is 0 Å². The molecule has 0 atom stereocenters. The van der Waals surface area contributed by atoms with Gasteiger partial charge in [0, 0.05) is 0 Å². The zero-order valence-electron chi connectivity index (χ0n) is 2.83. The van der Waals surface area contributed by atoms with E-state index < -0.39 is 0 Å². The second-order valence-electron chi connectivity index (χ2n) is 0. The second kappa shape index (κ2) is 17.8. The van der Waals surface area contributed by atoms with Crippen molar-refractivity contribution in [3.63, 3.8) is 0 Å². The van der Waals surface area contributed by atoms with E-state index >= 15 is 0 Å². The van der Waals surface area contributed by atoms with Crippen molar-refractivity contribution < 1.29 is 77.9 Å². The molecule has 0 aromatic carbocycles. The monoisotopic (exact) mass is 256 g/mol. The first-order valence-electron chi connectivity index (χ1n) is 0. The van der Waals surface area contributed by atoms with E-state index in [-0.39, 0.29) is 77.9 Å². The van der Waals surface area contributed by atoms with Crippen LogP contribution in [-0.4, -0.2) is 0 Å². The van der Waals surface area contributed by atoms with Crippen LogP contribution in [0.25, 0.3) is 0 Å². The Morgan fingerprint density at radius 2 is 0.250 bits per heavy atom. The SMILES string of the molecule is [Zn+2].[Zn+2].[Zn+2].[Zn+2]. The Morgan fingerprint density at radius 3 is 0.250 bits per heavy atom. The van der Waals surface area contributed by atoms with Crippen LogP contribution in [0, 0.1) is 0 Å². The molecule has 0 nitrogen and oxygen atoms in total. The molecule has 0 spiro atoms. The van der Waals surface area contributed by atoms with Crippen LogP contribution in [0.4, 0.5) is 0 Å². The summed E-state index contributed by atoms with van der Waals surface area (Å²) in [7, 11) is 0. The van der Waals surface area contributed by atoms with Crippen molar-refractivity contribution in [2.24, 2.45) is 0 Å². The Morgan fingerprint density at radius 1 is 0.250 bits per heavy atom. The molecule has 0 aliphatic carbocycles. The van der Waals surface area contributed by atoms with E-state index in [1.54, 1.807) is 0 Å². The van der Waals surface area contributed by atoms with Crippen LogP contribution in [0.3, 0.4) is 0 Å². The van der Waals surface area contributed by atoms with Crippen molar-refractivity contribution in [1.82, 2.24) is 0 Å². The molecular weight excluding hydrogens is 262 g/mol. The van der Waals surface area contributed by atoms with Gasteiger partial charge < -0.3 is 0 Å². The zero-order chi connectivity index (χ0) is 0. The topological polar surface area (TPSA) is 0 Å². The largest absolute Gasteiger partial charge is 2.00 e. The van der Waals surface area contributed by atoms with Gasteiger partial charge in [-0.25, -0.2) is 0 Å². The Balaban J connectivity index is 0. The number of hydrogen-bond donors (Lipinski definition) is 0. The van der Waals surface area contributed by atoms with Gasteiger partial charge in [-0.1, -0.05) is 0 Å². The molecule has 4 heteroatoms. The molecule has 0 aromatic rings. The molecule has 4 heavy (non-hydrogen) atoms. The summed E-state index contributed by atoms with van der Waals surface area (Å²) in [6.07, 6.45) is 0. The first-order chi connectivity index (χ1) is 0. The van der Waals surface area contributed by atoms with Crippen LogP contribution < -0.4 is 0 Å². The molecule has 0 aliphatic rings. The maximum absolute atomic E-state index is 0. The fourth-order valence-corrected chi connectivity index (χ4v) is 0. The van der Waals surface area contributed by atoms with Gasteiger partial charge in [-0.2, -0.15) is 0 Å². The van der Waals surface area contributed by atoms with Gasteiger partial charge in [-0.15, -0.1) is 0 Å². The minimum absolute atomic E-state index is 0. The van der Waals surface area contributed by atoms with Crippen LogP contribution in [0.1, 0.15) is 0 Å². The van der Waals surface area contributed by atoms with E-state index in [0.29, 0.717) is 0 Å². The minimum Gasteiger partial charge on any atom is 2.00 e. The van der Waals surface area contributed by atoms with Gasteiger partial charge in [0.25, 0.3) is 0 Å². The van der Waals surface area contributed by atoms with Crippen LogP contribution in [0.5, 0.6) is 0 Å². The normalized spacial score (nSPS) is 0. The first-order valence-corrected chi connectivity index (χ1v) is 0. The van der Waals surface area contributed by atoms with Crippen LogP contribution in [0.15, 0.2) is 0 Å². The van der Waals surface area contributed by atoms with Gasteiger partial charge >= 0.3 is 77.9 Å². The molecule has 0 saturated carbocycles. The first kappa shape index (κ1) is 31.5. The van der Waals surface area contributed by atoms with Gasteiger partial charge in [0.1, 0.15) is 0 Å². The Bertz CT molecular complexity index is 0. The molecule has 0 N–H and O–H groups in total. The molecule has 0 heterocycles. The van der Waals surface area contributed by atoms with Crippen molar-refractivity contribution in [2.75, 3.05) is 0 Å². The Labute approximate surface area is 76.9 Å². The zero-order valence-corrected chi connectivity index (χ0v) is 14.7. The van der Waals surface area contributed by atoms with Crippen LogP contribution >= 0.6 is 0 Å². The fraction of sp³-hybridized carbons (Fsp3) is 0. The average Bonchev–Trinajstić information content (AvgIpc) is 0. The summed E-state index contributed by atoms with van der Waals surface area (Å²) < 4.78 is 0. The molecular formula is Zn4+8. The van der Waals surface area contributed by atoms with Crippen molar-refractivity contribution in [1.29, 1.82) is 0 Å². The molecule has 0 saturated heterocycles.